The molecule has 3 heterocycles. The number of aromatic nitrogens is 5. The zero-order valence-electron chi connectivity index (χ0n) is 11.4. The molecule has 0 aromatic carbocycles. The summed E-state index contributed by atoms with van der Waals surface area (Å²) in [5.74, 6) is 0.787. The third kappa shape index (κ3) is 2.65. The molecule has 0 fully saturated rings. The molecule has 0 amide bonds. The minimum atomic E-state index is 0.787. The first-order valence-corrected chi connectivity index (χ1v) is 7.50. The van der Waals surface area contributed by atoms with Gasteiger partial charge in [0.15, 0.2) is 10.8 Å². The maximum absolute atomic E-state index is 4.65. The molecule has 0 aliphatic heterocycles. The Morgan fingerprint density at radius 2 is 2.10 bits per heavy atom. The lowest BCUT2D eigenvalue weighted by atomic mass is 10.3. The molecular formula is C14H15N5S. The van der Waals surface area contributed by atoms with Gasteiger partial charge in [0.2, 0.25) is 0 Å². The van der Waals surface area contributed by atoms with Crippen molar-refractivity contribution in [2.75, 3.05) is 0 Å². The molecule has 0 spiro atoms. The van der Waals surface area contributed by atoms with E-state index < -0.39 is 0 Å². The van der Waals surface area contributed by atoms with Crippen LogP contribution >= 0.6 is 11.8 Å². The highest BCUT2D eigenvalue weighted by Crippen LogP contribution is 2.21. The third-order valence-corrected chi connectivity index (χ3v) is 3.96. The number of pyridine rings is 1. The van der Waals surface area contributed by atoms with E-state index in [2.05, 4.69) is 27.1 Å². The van der Waals surface area contributed by atoms with E-state index in [1.807, 2.05) is 35.6 Å². The summed E-state index contributed by atoms with van der Waals surface area (Å²) in [6.07, 6.45) is 2.59. The molecule has 3 aromatic heterocycles. The Morgan fingerprint density at radius 3 is 2.90 bits per heavy atom. The van der Waals surface area contributed by atoms with Crippen molar-refractivity contribution in [1.82, 2.24) is 24.6 Å². The number of rotatable bonds is 4. The molecule has 3 aromatic rings. The minimum Gasteiger partial charge on any atom is -0.260 e. The number of nitrogens with zero attached hydrogens (tertiary/aromatic N) is 5. The van der Waals surface area contributed by atoms with Crippen LogP contribution in [0.15, 0.2) is 35.7 Å². The van der Waals surface area contributed by atoms with Crippen LogP contribution in [0.5, 0.6) is 0 Å². The van der Waals surface area contributed by atoms with E-state index in [1.54, 1.807) is 18.1 Å². The lowest BCUT2D eigenvalue weighted by Crippen LogP contribution is -1.99. The summed E-state index contributed by atoms with van der Waals surface area (Å²) in [7, 11) is 0. The quantitative estimate of drug-likeness (QED) is 0.545. The predicted octanol–water partition coefficient (Wildman–Crippen LogP) is 2.68. The molecule has 0 N–H and O–H groups in total. The molecule has 0 aliphatic carbocycles. The number of fused-ring (bicyclic) bond motifs is 1. The Labute approximate surface area is 121 Å². The summed E-state index contributed by atoms with van der Waals surface area (Å²) in [4.78, 5) is 9.16. The van der Waals surface area contributed by atoms with Crippen LogP contribution in [-0.2, 0) is 12.2 Å². The van der Waals surface area contributed by atoms with Gasteiger partial charge in [-0.1, -0.05) is 24.8 Å². The van der Waals surface area contributed by atoms with E-state index in [0.717, 1.165) is 40.1 Å². The van der Waals surface area contributed by atoms with Gasteiger partial charge in [0.25, 0.3) is 0 Å². The van der Waals surface area contributed by atoms with Gasteiger partial charge in [0, 0.05) is 23.2 Å². The Balaban J connectivity index is 1.88. The van der Waals surface area contributed by atoms with Crippen LogP contribution in [-0.4, -0.2) is 24.6 Å². The van der Waals surface area contributed by atoms with E-state index in [-0.39, 0.29) is 0 Å². The average Bonchev–Trinajstić information content (AvgIpc) is 2.93. The van der Waals surface area contributed by atoms with E-state index in [9.17, 15) is 0 Å². The molecular weight excluding hydrogens is 270 g/mol. The molecule has 0 saturated carbocycles. The fourth-order valence-corrected chi connectivity index (χ4v) is 2.85. The second kappa shape index (κ2) is 5.58. The van der Waals surface area contributed by atoms with Gasteiger partial charge in [-0.15, -0.1) is 10.2 Å². The Bertz CT molecular complexity index is 737. The van der Waals surface area contributed by atoms with Crippen molar-refractivity contribution in [2.45, 2.75) is 31.2 Å². The molecule has 6 heteroatoms. The largest absolute Gasteiger partial charge is 0.260 e. The SMILES string of the molecule is CCc1cc2nncn2c(SCc2cccc(C)n2)n1. The first kappa shape index (κ1) is 13.1. The lowest BCUT2D eigenvalue weighted by molar-refractivity contribution is 0.848. The molecule has 5 nitrogen and oxygen atoms in total. The van der Waals surface area contributed by atoms with E-state index >= 15 is 0 Å². The molecule has 0 unspecified atom stereocenters. The Morgan fingerprint density at radius 1 is 1.20 bits per heavy atom. The van der Waals surface area contributed by atoms with Gasteiger partial charge in [-0.25, -0.2) is 4.98 Å². The number of thioether (sulfide) groups is 1. The molecule has 20 heavy (non-hydrogen) atoms. The molecule has 0 aliphatic rings. The molecule has 3 rings (SSSR count). The van der Waals surface area contributed by atoms with Crippen LogP contribution in [0, 0.1) is 6.92 Å². The summed E-state index contributed by atoms with van der Waals surface area (Å²) < 4.78 is 1.92. The monoisotopic (exact) mass is 285 g/mol. The highest BCUT2D eigenvalue weighted by atomic mass is 32.2. The maximum Gasteiger partial charge on any atom is 0.175 e. The lowest BCUT2D eigenvalue weighted by Gasteiger charge is -2.06. The fraction of sp³-hybridized carbons (Fsp3) is 0.286. The van der Waals surface area contributed by atoms with Crippen molar-refractivity contribution in [3.8, 4) is 0 Å². The van der Waals surface area contributed by atoms with Crippen LogP contribution < -0.4 is 0 Å². The number of hydrogen-bond acceptors (Lipinski definition) is 5. The van der Waals surface area contributed by atoms with Crippen molar-refractivity contribution in [3.63, 3.8) is 0 Å². The van der Waals surface area contributed by atoms with Gasteiger partial charge in [-0.05, 0) is 25.5 Å². The maximum atomic E-state index is 4.65. The summed E-state index contributed by atoms with van der Waals surface area (Å²) in [6.45, 7) is 4.09. The highest BCUT2D eigenvalue weighted by Gasteiger charge is 2.08. The molecule has 0 radical (unpaired) electrons. The van der Waals surface area contributed by atoms with Gasteiger partial charge in [-0.2, -0.15) is 0 Å². The van der Waals surface area contributed by atoms with Crippen molar-refractivity contribution >= 4 is 17.4 Å². The third-order valence-electron chi connectivity index (χ3n) is 2.97. The predicted molar refractivity (Wildman–Crippen MR) is 78.7 cm³/mol. The van der Waals surface area contributed by atoms with E-state index in [4.69, 9.17) is 0 Å². The van der Waals surface area contributed by atoms with Crippen LogP contribution in [0.2, 0.25) is 0 Å². The van der Waals surface area contributed by atoms with Gasteiger partial charge in [-0.3, -0.25) is 9.38 Å². The Hall–Kier alpha value is -1.95. The molecule has 0 atom stereocenters. The second-order valence-corrected chi connectivity index (χ2v) is 5.44. The van der Waals surface area contributed by atoms with E-state index in [1.165, 1.54) is 0 Å². The first-order valence-electron chi connectivity index (χ1n) is 6.51. The number of aryl methyl sites for hydroxylation is 2. The van der Waals surface area contributed by atoms with Gasteiger partial charge in [0.05, 0.1) is 5.69 Å². The second-order valence-electron chi connectivity index (χ2n) is 4.50. The zero-order valence-corrected chi connectivity index (χ0v) is 12.3. The molecule has 0 saturated heterocycles. The fourth-order valence-electron chi connectivity index (χ4n) is 1.95. The van der Waals surface area contributed by atoms with Crippen molar-refractivity contribution < 1.29 is 0 Å². The van der Waals surface area contributed by atoms with Gasteiger partial charge >= 0.3 is 0 Å². The molecule has 0 bridgehead atoms. The van der Waals surface area contributed by atoms with Gasteiger partial charge < -0.3 is 0 Å². The van der Waals surface area contributed by atoms with Crippen molar-refractivity contribution in [2.24, 2.45) is 0 Å². The summed E-state index contributed by atoms with van der Waals surface area (Å²) in [5, 5.41) is 8.96. The normalized spacial score (nSPS) is 11.1. The average molecular weight is 285 g/mol. The topological polar surface area (TPSA) is 56.0 Å². The molecule has 102 valence electrons. The van der Waals surface area contributed by atoms with Crippen molar-refractivity contribution in [3.05, 3.63) is 47.7 Å². The van der Waals surface area contributed by atoms with Crippen LogP contribution in [0.4, 0.5) is 0 Å². The zero-order chi connectivity index (χ0) is 13.9. The highest BCUT2D eigenvalue weighted by molar-refractivity contribution is 7.98. The van der Waals surface area contributed by atoms with Crippen LogP contribution in [0.3, 0.4) is 0 Å². The van der Waals surface area contributed by atoms with E-state index in [0.29, 0.717) is 0 Å². The van der Waals surface area contributed by atoms with Crippen LogP contribution in [0.1, 0.15) is 24.0 Å². The Kier molecular flexibility index (Phi) is 3.64. The van der Waals surface area contributed by atoms with Gasteiger partial charge in [0.1, 0.15) is 6.33 Å². The van der Waals surface area contributed by atoms with Crippen LogP contribution in [0.25, 0.3) is 5.65 Å². The first-order chi connectivity index (χ1) is 9.76. The summed E-state index contributed by atoms with van der Waals surface area (Å²) in [5.41, 5.74) is 3.97. The smallest absolute Gasteiger partial charge is 0.175 e. The summed E-state index contributed by atoms with van der Waals surface area (Å²) >= 11 is 1.66. The standard InChI is InChI=1S/C14H15N5S/c1-3-11-7-13-18-15-9-19(13)14(17-11)20-8-12-6-4-5-10(2)16-12/h4-7,9H,3,8H2,1-2H3. The van der Waals surface area contributed by atoms with Crippen molar-refractivity contribution in [1.29, 1.82) is 0 Å². The number of hydrogen-bond donors (Lipinski definition) is 0. The summed E-state index contributed by atoms with van der Waals surface area (Å²) in [6, 6.07) is 8.04. The minimum absolute atomic E-state index is 0.787.